The maximum absolute atomic E-state index is 10.0. The van der Waals surface area contributed by atoms with Gasteiger partial charge < -0.3 is 19.2 Å². The summed E-state index contributed by atoms with van der Waals surface area (Å²) < 4.78 is 11.5. The maximum atomic E-state index is 10.0. The summed E-state index contributed by atoms with van der Waals surface area (Å²) in [7, 11) is 3.71. The average molecular weight is 346 g/mol. The predicted molar refractivity (Wildman–Crippen MR) is 96.5 cm³/mol. The van der Waals surface area contributed by atoms with Gasteiger partial charge in [-0.2, -0.15) is 10.2 Å². The van der Waals surface area contributed by atoms with Crippen molar-refractivity contribution in [3.63, 3.8) is 0 Å². The molecule has 0 atom stereocenters. The van der Waals surface area contributed by atoms with Crippen molar-refractivity contribution in [3.8, 4) is 23.3 Å². The van der Waals surface area contributed by atoms with E-state index in [1.807, 2.05) is 20.2 Å². The molecule has 1 N–H and O–H groups in total. The summed E-state index contributed by atoms with van der Waals surface area (Å²) in [5.74, 6) is 1.11. The lowest BCUT2D eigenvalue weighted by Gasteiger charge is -2.08. The first-order valence-electron chi connectivity index (χ1n) is 7.83. The molecule has 26 heavy (non-hydrogen) atoms. The first-order valence-corrected chi connectivity index (χ1v) is 7.83. The zero-order valence-electron chi connectivity index (χ0n) is 14.1. The minimum atomic E-state index is -0.00738. The topological polar surface area (TPSA) is 95.4 Å². The number of fused-ring (bicyclic) bond motifs is 2. The number of benzene rings is 2. The van der Waals surface area contributed by atoms with Gasteiger partial charge >= 0.3 is 0 Å². The standard InChI is InChI=1S/C19H14N4O3/c1-23(2)19-22-15-8-12(4-6-18(15)26-19)25-11-3-5-13-14(7-11)17(24)10-21-16(13)9-20/h3-8,10,24H,1-2H3. The van der Waals surface area contributed by atoms with Gasteiger partial charge in [0.1, 0.15) is 34.5 Å². The van der Waals surface area contributed by atoms with Crippen molar-refractivity contribution in [2.75, 3.05) is 19.0 Å². The number of aromatic nitrogens is 2. The third kappa shape index (κ3) is 2.63. The first kappa shape index (κ1) is 15.7. The quantitative estimate of drug-likeness (QED) is 0.602. The van der Waals surface area contributed by atoms with E-state index in [4.69, 9.17) is 14.4 Å². The van der Waals surface area contributed by atoms with Crippen LogP contribution in [0.1, 0.15) is 5.69 Å². The molecule has 2 aromatic heterocycles. The van der Waals surface area contributed by atoms with E-state index in [1.54, 1.807) is 41.3 Å². The lowest BCUT2D eigenvalue weighted by molar-refractivity contribution is 0.475. The Hall–Kier alpha value is -3.79. The Balaban J connectivity index is 1.71. The van der Waals surface area contributed by atoms with E-state index in [2.05, 4.69) is 9.97 Å². The highest BCUT2D eigenvalue weighted by Gasteiger charge is 2.11. The van der Waals surface area contributed by atoms with Crippen molar-refractivity contribution >= 4 is 27.9 Å². The molecule has 7 nitrogen and oxygen atoms in total. The summed E-state index contributed by atoms with van der Waals surface area (Å²) in [6.07, 6.45) is 1.26. The third-order valence-electron chi connectivity index (χ3n) is 3.91. The van der Waals surface area contributed by atoms with Gasteiger partial charge in [0.2, 0.25) is 0 Å². The number of aromatic hydroxyl groups is 1. The van der Waals surface area contributed by atoms with Crippen LogP contribution in [0.2, 0.25) is 0 Å². The zero-order valence-corrected chi connectivity index (χ0v) is 14.1. The van der Waals surface area contributed by atoms with Crippen LogP contribution in [0.3, 0.4) is 0 Å². The number of nitriles is 1. The molecule has 0 radical (unpaired) electrons. The molecule has 7 heteroatoms. The summed E-state index contributed by atoms with van der Waals surface area (Å²) in [5.41, 5.74) is 1.61. The van der Waals surface area contributed by atoms with Crippen LogP contribution >= 0.6 is 0 Å². The van der Waals surface area contributed by atoms with Gasteiger partial charge in [-0.3, -0.25) is 0 Å². The summed E-state index contributed by atoms with van der Waals surface area (Å²) in [5, 5.41) is 20.2. The average Bonchev–Trinajstić information content (AvgIpc) is 3.06. The molecular formula is C19H14N4O3. The van der Waals surface area contributed by atoms with Crippen LogP contribution in [0.4, 0.5) is 6.01 Å². The molecular weight excluding hydrogens is 332 g/mol. The van der Waals surface area contributed by atoms with E-state index in [0.29, 0.717) is 39.4 Å². The number of nitrogens with zero attached hydrogens (tertiary/aromatic N) is 4. The van der Waals surface area contributed by atoms with E-state index in [-0.39, 0.29) is 11.4 Å². The Labute approximate surface area is 148 Å². The second kappa shape index (κ2) is 5.93. The second-order valence-corrected chi connectivity index (χ2v) is 5.93. The lowest BCUT2D eigenvalue weighted by Crippen LogP contribution is -2.08. The normalized spacial score (nSPS) is 10.8. The van der Waals surface area contributed by atoms with E-state index in [0.717, 1.165) is 0 Å². The molecule has 0 aliphatic carbocycles. The van der Waals surface area contributed by atoms with Gasteiger partial charge in [-0.25, -0.2) is 4.98 Å². The van der Waals surface area contributed by atoms with Crippen LogP contribution in [-0.2, 0) is 0 Å². The van der Waals surface area contributed by atoms with Crippen LogP contribution in [0, 0.1) is 11.3 Å². The third-order valence-corrected chi connectivity index (χ3v) is 3.91. The molecule has 0 fully saturated rings. The van der Waals surface area contributed by atoms with E-state index >= 15 is 0 Å². The van der Waals surface area contributed by atoms with Gasteiger partial charge in [-0.15, -0.1) is 0 Å². The van der Waals surface area contributed by atoms with Crippen LogP contribution in [0.25, 0.3) is 21.9 Å². The summed E-state index contributed by atoms with van der Waals surface area (Å²) in [6, 6.07) is 13.0. The molecule has 2 aromatic carbocycles. The number of oxazole rings is 1. The highest BCUT2D eigenvalue weighted by atomic mass is 16.5. The number of ether oxygens (including phenoxy) is 1. The SMILES string of the molecule is CN(C)c1nc2cc(Oc3ccc4c(C#N)ncc(O)c4c3)ccc2o1. The molecule has 2 heterocycles. The fourth-order valence-electron chi connectivity index (χ4n) is 2.65. The molecule has 0 spiro atoms. The minimum absolute atomic E-state index is 0.00738. The van der Waals surface area contributed by atoms with Crippen molar-refractivity contribution in [2.45, 2.75) is 0 Å². The molecule has 0 aliphatic heterocycles. The summed E-state index contributed by atoms with van der Waals surface area (Å²) in [6.45, 7) is 0. The van der Waals surface area contributed by atoms with Gasteiger partial charge in [0, 0.05) is 30.9 Å². The van der Waals surface area contributed by atoms with Crippen molar-refractivity contribution in [1.29, 1.82) is 5.26 Å². The lowest BCUT2D eigenvalue weighted by atomic mass is 10.1. The van der Waals surface area contributed by atoms with Crippen molar-refractivity contribution in [1.82, 2.24) is 9.97 Å². The van der Waals surface area contributed by atoms with Gasteiger partial charge in [-0.1, -0.05) is 0 Å². The molecule has 0 aliphatic rings. The Kier molecular flexibility index (Phi) is 3.59. The zero-order chi connectivity index (χ0) is 18.3. The second-order valence-electron chi connectivity index (χ2n) is 5.93. The van der Waals surface area contributed by atoms with Crippen molar-refractivity contribution in [2.24, 2.45) is 0 Å². The molecule has 0 amide bonds. The highest BCUT2D eigenvalue weighted by molar-refractivity contribution is 5.92. The fourth-order valence-corrected chi connectivity index (χ4v) is 2.65. The molecule has 0 bridgehead atoms. The largest absolute Gasteiger partial charge is 0.506 e. The Morgan fingerprint density at radius 1 is 1.12 bits per heavy atom. The van der Waals surface area contributed by atoms with Crippen LogP contribution in [-0.4, -0.2) is 29.2 Å². The highest BCUT2D eigenvalue weighted by Crippen LogP contribution is 2.32. The molecule has 0 unspecified atom stereocenters. The molecule has 0 saturated heterocycles. The predicted octanol–water partition coefficient (Wildman–Crippen LogP) is 3.81. The number of anilines is 1. The van der Waals surface area contributed by atoms with Gasteiger partial charge in [0.05, 0.1) is 6.20 Å². The van der Waals surface area contributed by atoms with Gasteiger partial charge in [0.25, 0.3) is 6.01 Å². The molecule has 0 saturated carbocycles. The van der Waals surface area contributed by atoms with E-state index < -0.39 is 0 Å². The van der Waals surface area contributed by atoms with Crippen molar-refractivity contribution < 1.29 is 14.3 Å². The first-order chi connectivity index (χ1) is 12.5. The Bertz CT molecular complexity index is 1170. The monoisotopic (exact) mass is 346 g/mol. The molecule has 4 aromatic rings. The smallest absolute Gasteiger partial charge is 0.297 e. The summed E-state index contributed by atoms with van der Waals surface area (Å²) in [4.78, 5) is 10.1. The van der Waals surface area contributed by atoms with E-state index in [1.165, 1.54) is 6.20 Å². The van der Waals surface area contributed by atoms with Crippen LogP contribution in [0.5, 0.6) is 17.2 Å². The maximum Gasteiger partial charge on any atom is 0.297 e. The number of hydrogen-bond donors (Lipinski definition) is 1. The fraction of sp³-hybridized carbons (Fsp3) is 0.105. The Morgan fingerprint density at radius 2 is 1.88 bits per heavy atom. The van der Waals surface area contributed by atoms with Gasteiger partial charge in [0.15, 0.2) is 5.58 Å². The van der Waals surface area contributed by atoms with Crippen LogP contribution < -0.4 is 9.64 Å². The number of hydrogen-bond acceptors (Lipinski definition) is 7. The number of rotatable bonds is 3. The van der Waals surface area contributed by atoms with E-state index in [9.17, 15) is 5.11 Å². The molecule has 128 valence electrons. The number of pyridine rings is 1. The molecule has 4 rings (SSSR count). The minimum Gasteiger partial charge on any atom is -0.506 e. The van der Waals surface area contributed by atoms with Gasteiger partial charge in [-0.05, 0) is 30.3 Å². The Morgan fingerprint density at radius 3 is 2.65 bits per heavy atom. The summed E-state index contributed by atoms with van der Waals surface area (Å²) >= 11 is 0. The van der Waals surface area contributed by atoms with Crippen LogP contribution in [0.15, 0.2) is 47.0 Å². The van der Waals surface area contributed by atoms with Crippen molar-refractivity contribution in [3.05, 3.63) is 48.3 Å².